The van der Waals surface area contributed by atoms with Gasteiger partial charge >= 0.3 is 0 Å². The molecule has 1 aliphatic rings. The van der Waals surface area contributed by atoms with Gasteiger partial charge in [0.25, 0.3) is 0 Å². The number of nitrogens with one attached hydrogen (secondary N) is 1. The average molecular weight is 221 g/mol. The molecule has 0 bridgehead atoms. The summed E-state index contributed by atoms with van der Waals surface area (Å²) in [5.74, 6) is 0.657. The molecular weight excluding hydrogens is 201 g/mol. The van der Waals surface area contributed by atoms with Gasteiger partial charge in [-0.1, -0.05) is 25.3 Å². The fraction of sp³-hybridized carbons (Fsp3) is 0.571. The summed E-state index contributed by atoms with van der Waals surface area (Å²) in [5, 5.41) is 3.38. The number of rotatable bonds is 3. The van der Waals surface area contributed by atoms with Crippen LogP contribution in [0.1, 0.15) is 37.7 Å². The predicted molar refractivity (Wildman–Crippen MR) is 66.2 cm³/mol. The maximum atomic E-state index is 13.3. The molecule has 0 unspecified atom stereocenters. The van der Waals surface area contributed by atoms with Crippen LogP contribution in [-0.4, -0.2) is 6.54 Å². The van der Waals surface area contributed by atoms with Crippen LogP contribution in [0.4, 0.5) is 10.1 Å². The van der Waals surface area contributed by atoms with Gasteiger partial charge in [0, 0.05) is 17.8 Å². The lowest BCUT2D eigenvalue weighted by atomic mass is 9.89. The highest BCUT2D eigenvalue weighted by molar-refractivity contribution is 5.50. The number of halogens is 1. The molecule has 1 aliphatic carbocycles. The highest BCUT2D eigenvalue weighted by atomic mass is 19.1. The zero-order valence-electron chi connectivity index (χ0n) is 9.93. The monoisotopic (exact) mass is 221 g/mol. The maximum Gasteiger partial charge on any atom is 0.128 e. The molecule has 1 aromatic rings. The van der Waals surface area contributed by atoms with Gasteiger partial charge in [0.05, 0.1) is 0 Å². The van der Waals surface area contributed by atoms with Gasteiger partial charge in [-0.3, -0.25) is 0 Å². The highest BCUT2D eigenvalue weighted by Crippen LogP contribution is 2.25. The first-order valence-electron chi connectivity index (χ1n) is 6.26. The molecule has 16 heavy (non-hydrogen) atoms. The quantitative estimate of drug-likeness (QED) is 0.809. The molecular formula is C14H20FN. The van der Waals surface area contributed by atoms with Gasteiger partial charge in [0.1, 0.15) is 5.82 Å². The molecule has 1 aromatic carbocycles. The van der Waals surface area contributed by atoms with E-state index in [-0.39, 0.29) is 5.82 Å². The lowest BCUT2D eigenvalue weighted by Gasteiger charge is -2.22. The van der Waals surface area contributed by atoms with Crippen LogP contribution in [0.15, 0.2) is 18.2 Å². The molecule has 0 amide bonds. The Bertz CT molecular complexity index is 343. The summed E-state index contributed by atoms with van der Waals surface area (Å²) in [5.41, 5.74) is 1.68. The maximum absolute atomic E-state index is 13.3. The van der Waals surface area contributed by atoms with Crippen LogP contribution in [0.3, 0.4) is 0 Å². The van der Waals surface area contributed by atoms with Crippen LogP contribution >= 0.6 is 0 Å². The first-order valence-corrected chi connectivity index (χ1v) is 6.26. The standard InChI is InChI=1S/C14H20FN/c1-11-13(15)8-5-9-14(11)16-10-12-6-3-2-4-7-12/h5,8-9,12,16H,2-4,6-7,10H2,1H3. The predicted octanol–water partition coefficient (Wildman–Crippen LogP) is 4.13. The van der Waals surface area contributed by atoms with Crippen molar-refractivity contribution in [1.82, 2.24) is 0 Å². The van der Waals surface area contributed by atoms with E-state index in [9.17, 15) is 4.39 Å². The third kappa shape index (κ3) is 2.75. The second kappa shape index (κ2) is 5.33. The van der Waals surface area contributed by atoms with Gasteiger partial charge < -0.3 is 5.32 Å². The minimum atomic E-state index is -0.117. The molecule has 1 N–H and O–H groups in total. The molecule has 1 fully saturated rings. The molecule has 1 nitrogen and oxygen atoms in total. The van der Waals surface area contributed by atoms with Crippen molar-refractivity contribution in [3.05, 3.63) is 29.6 Å². The Labute approximate surface area is 97.1 Å². The summed E-state index contributed by atoms with van der Waals surface area (Å²) in [7, 11) is 0. The minimum absolute atomic E-state index is 0.117. The van der Waals surface area contributed by atoms with Crippen molar-refractivity contribution in [2.75, 3.05) is 11.9 Å². The number of hydrogen-bond donors (Lipinski definition) is 1. The van der Waals surface area contributed by atoms with Gasteiger partial charge in [0.2, 0.25) is 0 Å². The van der Waals surface area contributed by atoms with E-state index in [4.69, 9.17) is 0 Å². The third-order valence-electron chi connectivity index (χ3n) is 3.57. The Kier molecular flexibility index (Phi) is 3.81. The molecule has 0 saturated heterocycles. The largest absolute Gasteiger partial charge is 0.384 e. The second-order valence-corrected chi connectivity index (χ2v) is 4.80. The van der Waals surface area contributed by atoms with Crippen molar-refractivity contribution in [2.45, 2.75) is 39.0 Å². The number of hydrogen-bond acceptors (Lipinski definition) is 1. The Morgan fingerprint density at radius 1 is 1.25 bits per heavy atom. The van der Waals surface area contributed by atoms with E-state index in [0.717, 1.165) is 23.7 Å². The first-order chi connectivity index (χ1) is 7.77. The summed E-state index contributed by atoms with van der Waals surface area (Å²) < 4.78 is 13.3. The Morgan fingerprint density at radius 3 is 2.75 bits per heavy atom. The van der Waals surface area contributed by atoms with E-state index in [0.29, 0.717) is 0 Å². The molecule has 0 atom stereocenters. The van der Waals surface area contributed by atoms with Crippen LogP contribution in [0, 0.1) is 18.7 Å². The molecule has 0 radical (unpaired) electrons. The minimum Gasteiger partial charge on any atom is -0.384 e. The fourth-order valence-electron chi connectivity index (χ4n) is 2.44. The van der Waals surface area contributed by atoms with Crippen LogP contribution < -0.4 is 5.32 Å². The van der Waals surface area contributed by atoms with Crippen LogP contribution in [0.2, 0.25) is 0 Å². The number of anilines is 1. The van der Waals surface area contributed by atoms with Crippen molar-refractivity contribution in [2.24, 2.45) is 5.92 Å². The smallest absolute Gasteiger partial charge is 0.128 e. The normalized spacial score (nSPS) is 17.4. The number of benzene rings is 1. The average Bonchev–Trinajstić information content (AvgIpc) is 2.32. The summed E-state index contributed by atoms with van der Waals surface area (Å²) in [6, 6.07) is 5.24. The van der Waals surface area contributed by atoms with E-state index in [1.165, 1.54) is 38.2 Å². The first kappa shape index (κ1) is 11.4. The lowest BCUT2D eigenvalue weighted by Crippen LogP contribution is -2.17. The second-order valence-electron chi connectivity index (χ2n) is 4.80. The summed E-state index contributed by atoms with van der Waals surface area (Å²) in [6.45, 7) is 2.82. The summed E-state index contributed by atoms with van der Waals surface area (Å²) in [6.07, 6.45) is 6.74. The zero-order chi connectivity index (χ0) is 11.4. The van der Waals surface area contributed by atoms with Gasteiger partial charge in [-0.2, -0.15) is 0 Å². The van der Waals surface area contributed by atoms with E-state index in [2.05, 4.69) is 5.32 Å². The Hall–Kier alpha value is -1.05. The highest BCUT2D eigenvalue weighted by Gasteiger charge is 2.13. The molecule has 0 heterocycles. The molecule has 0 aromatic heterocycles. The van der Waals surface area contributed by atoms with E-state index in [1.807, 2.05) is 13.0 Å². The molecule has 2 rings (SSSR count). The lowest BCUT2D eigenvalue weighted by molar-refractivity contribution is 0.373. The fourth-order valence-corrected chi connectivity index (χ4v) is 2.44. The molecule has 88 valence electrons. The Morgan fingerprint density at radius 2 is 2.00 bits per heavy atom. The van der Waals surface area contributed by atoms with Crippen molar-refractivity contribution < 1.29 is 4.39 Å². The van der Waals surface area contributed by atoms with Crippen LogP contribution in [0.5, 0.6) is 0 Å². The summed E-state index contributed by atoms with van der Waals surface area (Å²) >= 11 is 0. The SMILES string of the molecule is Cc1c(F)cccc1NCC1CCCCC1. The van der Waals surface area contributed by atoms with E-state index in [1.54, 1.807) is 6.07 Å². The van der Waals surface area contributed by atoms with Crippen molar-refractivity contribution in [1.29, 1.82) is 0 Å². The third-order valence-corrected chi connectivity index (χ3v) is 3.57. The van der Waals surface area contributed by atoms with Crippen LogP contribution in [0.25, 0.3) is 0 Å². The van der Waals surface area contributed by atoms with Crippen molar-refractivity contribution in [3.63, 3.8) is 0 Å². The topological polar surface area (TPSA) is 12.0 Å². The van der Waals surface area contributed by atoms with E-state index >= 15 is 0 Å². The Balaban J connectivity index is 1.91. The van der Waals surface area contributed by atoms with Gasteiger partial charge in [-0.15, -0.1) is 0 Å². The van der Waals surface area contributed by atoms with Crippen LogP contribution in [-0.2, 0) is 0 Å². The molecule has 0 aliphatic heterocycles. The molecule has 1 saturated carbocycles. The van der Waals surface area contributed by atoms with Gasteiger partial charge in [-0.25, -0.2) is 4.39 Å². The van der Waals surface area contributed by atoms with E-state index < -0.39 is 0 Å². The summed E-state index contributed by atoms with van der Waals surface area (Å²) in [4.78, 5) is 0. The van der Waals surface area contributed by atoms with Crippen molar-refractivity contribution in [3.8, 4) is 0 Å². The molecule has 0 spiro atoms. The van der Waals surface area contributed by atoms with Gasteiger partial charge in [-0.05, 0) is 37.8 Å². The zero-order valence-corrected chi connectivity index (χ0v) is 9.93. The van der Waals surface area contributed by atoms with Crippen molar-refractivity contribution >= 4 is 5.69 Å². The molecule has 2 heteroatoms. The van der Waals surface area contributed by atoms with Gasteiger partial charge in [0.15, 0.2) is 0 Å².